The molecule has 0 heterocycles. The first-order valence-corrected chi connectivity index (χ1v) is 5.31. The van der Waals surface area contributed by atoms with Crippen molar-refractivity contribution in [3.8, 4) is 0 Å². The van der Waals surface area contributed by atoms with Gasteiger partial charge in [0.25, 0.3) is 0 Å². The minimum Gasteiger partial charge on any atom is -0.0591 e. The molecule has 3 fully saturated rings. The number of hydrogen-bond donors (Lipinski definition) is 0. The molecule has 62 valence electrons. The van der Waals surface area contributed by atoms with Crippen LogP contribution in [0.3, 0.4) is 0 Å². The molecular formula is C11H18. The Balaban J connectivity index is 1.85. The van der Waals surface area contributed by atoms with E-state index in [1.165, 1.54) is 5.92 Å². The summed E-state index contributed by atoms with van der Waals surface area (Å²) in [6, 6.07) is 0. The van der Waals surface area contributed by atoms with Crippen LogP contribution in [-0.4, -0.2) is 0 Å². The highest BCUT2D eigenvalue weighted by Gasteiger charge is 2.55. The Hall–Kier alpha value is 0. The first kappa shape index (κ1) is 6.51. The Morgan fingerprint density at radius 3 is 2.27 bits per heavy atom. The highest BCUT2D eigenvalue weighted by molar-refractivity contribution is 5.05. The molecule has 0 radical (unpaired) electrons. The van der Waals surface area contributed by atoms with Crippen LogP contribution in [0.1, 0.15) is 45.4 Å². The normalized spacial score (nSPS) is 55.4. The van der Waals surface area contributed by atoms with Gasteiger partial charge < -0.3 is 0 Å². The largest absolute Gasteiger partial charge is 0.0591 e. The van der Waals surface area contributed by atoms with Gasteiger partial charge in [0.05, 0.1) is 0 Å². The van der Waals surface area contributed by atoms with Gasteiger partial charge in [-0.15, -0.1) is 0 Å². The lowest BCUT2D eigenvalue weighted by atomic mass is 9.64. The smallest absolute Gasteiger partial charge is 0.0266 e. The maximum atomic E-state index is 2.58. The highest BCUT2D eigenvalue weighted by Crippen LogP contribution is 2.65. The molecule has 0 amide bonds. The second-order valence-corrected chi connectivity index (χ2v) is 5.26. The quantitative estimate of drug-likeness (QED) is 0.538. The van der Waals surface area contributed by atoms with E-state index in [2.05, 4.69) is 6.92 Å². The van der Waals surface area contributed by atoms with Crippen LogP contribution in [0.5, 0.6) is 0 Å². The van der Waals surface area contributed by atoms with Crippen molar-refractivity contribution < 1.29 is 0 Å². The summed E-state index contributed by atoms with van der Waals surface area (Å²) in [7, 11) is 0. The number of rotatable bonds is 1. The van der Waals surface area contributed by atoms with Crippen molar-refractivity contribution in [3.63, 3.8) is 0 Å². The highest BCUT2D eigenvalue weighted by atomic mass is 14.6. The lowest BCUT2D eigenvalue weighted by Crippen LogP contribution is -2.33. The van der Waals surface area contributed by atoms with Crippen molar-refractivity contribution in [2.45, 2.75) is 45.4 Å². The fourth-order valence-corrected chi connectivity index (χ4v) is 3.71. The van der Waals surface area contributed by atoms with Gasteiger partial charge in [-0.05, 0) is 61.7 Å². The van der Waals surface area contributed by atoms with E-state index in [9.17, 15) is 0 Å². The van der Waals surface area contributed by atoms with Gasteiger partial charge in [0, 0.05) is 0 Å². The summed E-state index contributed by atoms with van der Waals surface area (Å²) in [5.74, 6) is 3.48. The summed E-state index contributed by atoms with van der Waals surface area (Å²) < 4.78 is 0. The van der Waals surface area contributed by atoms with Crippen LogP contribution in [0.25, 0.3) is 0 Å². The molecule has 0 aromatic rings. The molecule has 0 aliphatic heterocycles. The van der Waals surface area contributed by atoms with Crippen LogP contribution < -0.4 is 0 Å². The molecule has 0 bridgehead atoms. The molecule has 0 aromatic heterocycles. The van der Waals surface area contributed by atoms with Gasteiger partial charge in [-0.2, -0.15) is 0 Å². The van der Waals surface area contributed by atoms with Crippen LogP contribution >= 0.6 is 0 Å². The number of hydrogen-bond acceptors (Lipinski definition) is 0. The molecule has 0 N–H and O–H groups in total. The summed E-state index contributed by atoms with van der Waals surface area (Å²) in [5, 5.41) is 0. The van der Waals surface area contributed by atoms with E-state index in [4.69, 9.17) is 0 Å². The molecule has 0 heteroatoms. The molecule has 3 aliphatic rings. The summed E-state index contributed by atoms with van der Waals surface area (Å²) in [6.45, 7) is 2.58. The fraction of sp³-hybridized carbons (Fsp3) is 1.00. The van der Waals surface area contributed by atoms with E-state index >= 15 is 0 Å². The molecule has 0 spiro atoms. The van der Waals surface area contributed by atoms with Crippen molar-refractivity contribution in [1.29, 1.82) is 0 Å². The van der Waals surface area contributed by atoms with Crippen LogP contribution in [0, 0.1) is 23.2 Å². The first-order chi connectivity index (χ1) is 5.31. The first-order valence-electron chi connectivity index (χ1n) is 5.31. The van der Waals surface area contributed by atoms with Gasteiger partial charge in [-0.25, -0.2) is 0 Å². The van der Waals surface area contributed by atoms with Crippen LogP contribution in [0.4, 0.5) is 0 Å². The summed E-state index contributed by atoms with van der Waals surface area (Å²) >= 11 is 0. The Morgan fingerprint density at radius 2 is 1.82 bits per heavy atom. The van der Waals surface area contributed by atoms with Gasteiger partial charge in [-0.1, -0.05) is 6.92 Å². The molecule has 3 aliphatic carbocycles. The van der Waals surface area contributed by atoms with Crippen molar-refractivity contribution >= 4 is 0 Å². The SMILES string of the molecule is CC1(C2CC2)CCC2CCC21. The Labute approximate surface area is 69.4 Å². The van der Waals surface area contributed by atoms with Crippen LogP contribution in [0.15, 0.2) is 0 Å². The van der Waals surface area contributed by atoms with Gasteiger partial charge in [0.1, 0.15) is 0 Å². The van der Waals surface area contributed by atoms with E-state index in [0.717, 1.165) is 17.3 Å². The molecule has 0 nitrogen and oxygen atoms in total. The second kappa shape index (κ2) is 1.84. The van der Waals surface area contributed by atoms with E-state index in [-0.39, 0.29) is 0 Å². The molecule has 3 saturated carbocycles. The van der Waals surface area contributed by atoms with Crippen molar-refractivity contribution in [1.82, 2.24) is 0 Å². The van der Waals surface area contributed by atoms with E-state index in [1.807, 2.05) is 0 Å². The minimum absolute atomic E-state index is 0.822. The molecule has 0 aromatic carbocycles. The molecule has 0 saturated heterocycles. The topological polar surface area (TPSA) is 0 Å². The third-order valence-corrected chi connectivity index (χ3v) is 4.83. The lowest BCUT2D eigenvalue weighted by molar-refractivity contribution is 0.0803. The van der Waals surface area contributed by atoms with Crippen molar-refractivity contribution in [2.24, 2.45) is 23.2 Å². The zero-order valence-corrected chi connectivity index (χ0v) is 7.47. The average Bonchev–Trinajstić information content (AvgIpc) is 2.62. The second-order valence-electron chi connectivity index (χ2n) is 5.26. The maximum absolute atomic E-state index is 2.58. The van der Waals surface area contributed by atoms with Gasteiger partial charge in [0.2, 0.25) is 0 Å². The third-order valence-electron chi connectivity index (χ3n) is 4.83. The molecule has 3 atom stereocenters. The van der Waals surface area contributed by atoms with E-state index in [1.54, 1.807) is 38.5 Å². The van der Waals surface area contributed by atoms with E-state index in [0.29, 0.717) is 0 Å². The van der Waals surface area contributed by atoms with Crippen LogP contribution in [-0.2, 0) is 0 Å². The van der Waals surface area contributed by atoms with Gasteiger partial charge >= 0.3 is 0 Å². The van der Waals surface area contributed by atoms with Crippen LogP contribution in [0.2, 0.25) is 0 Å². The lowest BCUT2D eigenvalue weighted by Gasteiger charge is -2.41. The monoisotopic (exact) mass is 150 g/mol. The standard InChI is InChI=1S/C11H18/c1-11(9-3-4-9)7-6-8-2-5-10(8)11/h8-10H,2-7H2,1H3. The average molecular weight is 150 g/mol. The zero-order valence-electron chi connectivity index (χ0n) is 7.47. The summed E-state index contributed by atoms with van der Waals surface area (Å²) in [4.78, 5) is 0. The molecular weight excluding hydrogens is 132 g/mol. The summed E-state index contributed by atoms with van der Waals surface area (Å²) in [5.41, 5.74) is 0.822. The van der Waals surface area contributed by atoms with Crippen molar-refractivity contribution in [3.05, 3.63) is 0 Å². The molecule has 3 rings (SSSR count). The Morgan fingerprint density at radius 1 is 1.00 bits per heavy atom. The third kappa shape index (κ3) is 0.711. The van der Waals surface area contributed by atoms with E-state index < -0.39 is 0 Å². The molecule has 3 unspecified atom stereocenters. The predicted molar refractivity (Wildman–Crippen MR) is 46.3 cm³/mol. The predicted octanol–water partition coefficient (Wildman–Crippen LogP) is 3.22. The number of fused-ring (bicyclic) bond motifs is 1. The summed E-state index contributed by atoms with van der Waals surface area (Å²) in [6.07, 6.45) is 9.37. The maximum Gasteiger partial charge on any atom is -0.0266 e. The van der Waals surface area contributed by atoms with Gasteiger partial charge in [0.15, 0.2) is 0 Å². The minimum atomic E-state index is 0.822. The Bertz CT molecular complexity index is 180. The van der Waals surface area contributed by atoms with Crippen molar-refractivity contribution in [2.75, 3.05) is 0 Å². The van der Waals surface area contributed by atoms with Gasteiger partial charge in [-0.3, -0.25) is 0 Å². The molecule has 11 heavy (non-hydrogen) atoms. The Kier molecular flexibility index (Phi) is 1.09. The zero-order chi connectivity index (χ0) is 7.47. The fourth-order valence-electron chi connectivity index (χ4n) is 3.71.